The first kappa shape index (κ1) is 21.5. The number of thiazole rings is 1. The van der Waals surface area contributed by atoms with Crippen molar-refractivity contribution in [3.63, 3.8) is 0 Å². The van der Waals surface area contributed by atoms with E-state index in [0.717, 1.165) is 15.8 Å². The number of anilines is 1. The third-order valence-corrected chi connectivity index (χ3v) is 6.33. The van der Waals surface area contributed by atoms with E-state index < -0.39 is 21.9 Å². The molecule has 2 aromatic rings. The molecule has 8 nitrogen and oxygen atoms in total. The van der Waals surface area contributed by atoms with Crippen molar-refractivity contribution >= 4 is 54.3 Å². The van der Waals surface area contributed by atoms with Crippen LogP contribution in [0, 0.1) is 6.92 Å². The largest absolute Gasteiger partial charge is 0.462 e. The number of aryl methyl sites for hydroxylation is 1. The minimum Gasteiger partial charge on any atom is -0.462 e. The molecule has 0 saturated heterocycles. The molecule has 0 bridgehead atoms. The lowest BCUT2D eigenvalue weighted by atomic mass is 10.4. The van der Waals surface area contributed by atoms with E-state index in [1.807, 2.05) is 0 Å². The fourth-order valence-electron chi connectivity index (χ4n) is 2.01. The van der Waals surface area contributed by atoms with Crippen LogP contribution >= 0.6 is 27.3 Å². The second-order valence-corrected chi connectivity index (χ2v) is 8.99. The molecule has 1 heterocycles. The number of hydrogen-bond donors (Lipinski definition) is 2. The molecule has 0 fully saturated rings. The standard InChI is InChI=1S/C16H18BrN3O5S2/c1-3-25-15(22)14-10(2)19-16(26-14)20-13(21)8-9-18-27(23,24)12-6-4-11(17)5-7-12/h4-7,18H,3,8-9H2,1-2H3,(H,19,20,21). The Morgan fingerprint density at radius 2 is 1.93 bits per heavy atom. The summed E-state index contributed by atoms with van der Waals surface area (Å²) >= 11 is 4.25. The minimum absolute atomic E-state index is 0.0701. The number of aromatic nitrogens is 1. The highest BCUT2D eigenvalue weighted by atomic mass is 79.9. The van der Waals surface area contributed by atoms with Gasteiger partial charge in [-0.3, -0.25) is 4.79 Å². The molecule has 0 spiro atoms. The fraction of sp³-hybridized carbons (Fsp3) is 0.312. The van der Waals surface area contributed by atoms with Gasteiger partial charge in [0.15, 0.2) is 5.13 Å². The first-order valence-corrected chi connectivity index (χ1v) is 11.0. The molecular weight excluding hydrogens is 458 g/mol. The Morgan fingerprint density at radius 3 is 2.56 bits per heavy atom. The Hall–Kier alpha value is -1.82. The fourth-order valence-corrected chi connectivity index (χ4v) is 4.19. The van der Waals surface area contributed by atoms with Crippen molar-refractivity contribution in [2.24, 2.45) is 0 Å². The molecule has 0 aliphatic rings. The second kappa shape index (κ2) is 9.40. The van der Waals surface area contributed by atoms with Crippen LogP contribution in [-0.4, -0.2) is 38.4 Å². The monoisotopic (exact) mass is 475 g/mol. The number of carbonyl (C=O) groups excluding carboxylic acids is 2. The molecule has 0 aliphatic carbocycles. The number of esters is 1. The number of nitrogens with zero attached hydrogens (tertiary/aromatic N) is 1. The van der Waals surface area contributed by atoms with Gasteiger partial charge >= 0.3 is 5.97 Å². The Morgan fingerprint density at radius 1 is 1.26 bits per heavy atom. The zero-order valence-corrected chi connectivity index (χ0v) is 17.8. The maximum atomic E-state index is 12.1. The first-order chi connectivity index (χ1) is 12.7. The van der Waals surface area contributed by atoms with Crippen LogP contribution < -0.4 is 10.0 Å². The molecule has 2 N–H and O–H groups in total. The van der Waals surface area contributed by atoms with Gasteiger partial charge in [-0.2, -0.15) is 0 Å². The van der Waals surface area contributed by atoms with E-state index in [1.54, 1.807) is 26.0 Å². The van der Waals surface area contributed by atoms with E-state index in [0.29, 0.717) is 10.6 Å². The average molecular weight is 476 g/mol. The van der Waals surface area contributed by atoms with Gasteiger partial charge in [0.2, 0.25) is 15.9 Å². The average Bonchev–Trinajstić information content (AvgIpc) is 2.95. The van der Waals surface area contributed by atoms with E-state index in [4.69, 9.17) is 4.74 Å². The van der Waals surface area contributed by atoms with Crippen LogP contribution in [0.5, 0.6) is 0 Å². The lowest BCUT2D eigenvalue weighted by Crippen LogP contribution is -2.27. The predicted molar refractivity (Wildman–Crippen MR) is 105 cm³/mol. The van der Waals surface area contributed by atoms with E-state index >= 15 is 0 Å². The number of halogens is 1. The maximum absolute atomic E-state index is 12.1. The van der Waals surface area contributed by atoms with Crippen LogP contribution in [0.25, 0.3) is 0 Å². The maximum Gasteiger partial charge on any atom is 0.350 e. The van der Waals surface area contributed by atoms with Crippen LogP contribution in [0.4, 0.5) is 5.13 Å². The third kappa shape index (κ3) is 6.09. The molecule has 27 heavy (non-hydrogen) atoms. The van der Waals surface area contributed by atoms with E-state index in [-0.39, 0.29) is 29.6 Å². The minimum atomic E-state index is -3.69. The molecule has 1 aromatic carbocycles. The Balaban J connectivity index is 1.88. The second-order valence-electron chi connectivity index (χ2n) is 5.30. The topological polar surface area (TPSA) is 114 Å². The van der Waals surface area contributed by atoms with Gasteiger partial charge in [-0.1, -0.05) is 27.3 Å². The summed E-state index contributed by atoms with van der Waals surface area (Å²) in [5, 5.41) is 2.81. The van der Waals surface area contributed by atoms with E-state index in [1.165, 1.54) is 12.1 Å². The molecule has 0 atom stereocenters. The van der Waals surface area contributed by atoms with Crippen molar-refractivity contribution in [2.75, 3.05) is 18.5 Å². The van der Waals surface area contributed by atoms with Crippen LogP contribution in [0.2, 0.25) is 0 Å². The summed E-state index contributed by atoms with van der Waals surface area (Å²) < 4.78 is 32.3. The number of carbonyl (C=O) groups is 2. The van der Waals surface area contributed by atoms with Gasteiger partial charge < -0.3 is 10.1 Å². The van der Waals surface area contributed by atoms with Gasteiger partial charge in [0.25, 0.3) is 0 Å². The number of rotatable bonds is 8. The van der Waals surface area contributed by atoms with Crippen LogP contribution in [0.15, 0.2) is 33.6 Å². The van der Waals surface area contributed by atoms with Crippen LogP contribution in [0.3, 0.4) is 0 Å². The first-order valence-electron chi connectivity index (χ1n) is 7.92. The molecule has 1 aromatic heterocycles. The number of ether oxygens (including phenoxy) is 1. The Bertz CT molecular complexity index is 926. The zero-order chi connectivity index (χ0) is 20.0. The summed E-state index contributed by atoms with van der Waals surface area (Å²) in [7, 11) is -3.69. The van der Waals surface area contributed by atoms with Crippen molar-refractivity contribution in [3.8, 4) is 0 Å². The molecule has 11 heteroatoms. The molecule has 0 radical (unpaired) electrons. The number of sulfonamides is 1. The van der Waals surface area contributed by atoms with Gasteiger partial charge in [-0.15, -0.1) is 0 Å². The summed E-state index contributed by atoms with van der Waals surface area (Å²) in [6.45, 7) is 3.52. The molecular formula is C16H18BrN3O5S2. The van der Waals surface area contributed by atoms with E-state index in [9.17, 15) is 18.0 Å². The predicted octanol–water partition coefficient (Wildman–Crippen LogP) is 2.70. The third-order valence-electron chi connectivity index (χ3n) is 3.27. The van der Waals surface area contributed by atoms with Crippen molar-refractivity contribution in [2.45, 2.75) is 25.2 Å². The number of amides is 1. The molecule has 0 unspecified atom stereocenters. The molecule has 0 aliphatic heterocycles. The zero-order valence-electron chi connectivity index (χ0n) is 14.6. The molecule has 2 rings (SSSR count). The highest BCUT2D eigenvalue weighted by Gasteiger charge is 2.18. The number of nitrogens with one attached hydrogen (secondary N) is 2. The molecule has 0 saturated carbocycles. The highest BCUT2D eigenvalue weighted by molar-refractivity contribution is 9.10. The highest BCUT2D eigenvalue weighted by Crippen LogP contribution is 2.23. The SMILES string of the molecule is CCOC(=O)c1sc(NC(=O)CCNS(=O)(=O)c2ccc(Br)cc2)nc1C. The van der Waals surface area contributed by atoms with Crippen LogP contribution in [0.1, 0.15) is 28.7 Å². The number of hydrogen-bond acceptors (Lipinski definition) is 7. The Labute approximate surface area is 169 Å². The Kier molecular flexibility index (Phi) is 7.48. The van der Waals surface area contributed by atoms with Crippen molar-refractivity contribution < 1.29 is 22.7 Å². The van der Waals surface area contributed by atoms with Gasteiger partial charge in [-0.25, -0.2) is 22.9 Å². The molecule has 1 amide bonds. The lowest BCUT2D eigenvalue weighted by Gasteiger charge is -2.06. The van der Waals surface area contributed by atoms with Crippen molar-refractivity contribution in [1.82, 2.24) is 9.71 Å². The van der Waals surface area contributed by atoms with Crippen molar-refractivity contribution in [1.29, 1.82) is 0 Å². The quantitative estimate of drug-likeness (QED) is 0.567. The van der Waals surface area contributed by atoms with Gasteiger partial charge in [0, 0.05) is 17.4 Å². The van der Waals surface area contributed by atoms with E-state index in [2.05, 4.69) is 31.0 Å². The number of benzene rings is 1. The van der Waals surface area contributed by atoms with Gasteiger partial charge in [0.1, 0.15) is 4.88 Å². The van der Waals surface area contributed by atoms with Crippen molar-refractivity contribution in [3.05, 3.63) is 39.3 Å². The summed E-state index contributed by atoms with van der Waals surface area (Å²) in [6, 6.07) is 6.16. The van der Waals surface area contributed by atoms with Crippen LogP contribution in [-0.2, 0) is 19.6 Å². The summed E-state index contributed by atoms with van der Waals surface area (Å²) in [4.78, 5) is 28.3. The van der Waals surface area contributed by atoms with Gasteiger partial charge in [-0.05, 0) is 38.1 Å². The lowest BCUT2D eigenvalue weighted by molar-refractivity contribution is -0.116. The van der Waals surface area contributed by atoms with Gasteiger partial charge in [0.05, 0.1) is 17.2 Å². The summed E-state index contributed by atoms with van der Waals surface area (Å²) in [5.41, 5.74) is 0.463. The smallest absolute Gasteiger partial charge is 0.350 e. The summed E-state index contributed by atoms with van der Waals surface area (Å²) in [6.07, 6.45) is -0.0802. The summed E-state index contributed by atoms with van der Waals surface area (Å²) in [5.74, 6) is -0.909. The molecule has 146 valence electrons. The normalized spacial score (nSPS) is 11.2.